The molecule has 6 heteroatoms. The Balaban J connectivity index is 1.77. The van der Waals surface area contributed by atoms with Gasteiger partial charge in [0, 0.05) is 11.6 Å². The highest BCUT2D eigenvalue weighted by molar-refractivity contribution is 7.15. The minimum Gasteiger partial charge on any atom is -0.311 e. The summed E-state index contributed by atoms with van der Waals surface area (Å²) in [6.45, 7) is 1.90. The monoisotopic (exact) mass is 260 g/mol. The minimum absolute atomic E-state index is 0.206. The predicted octanol–water partition coefficient (Wildman–Crippen LogP) is 2.37. The number of aryl methyl sites for hydroxylation is 1. The van der Waals surface area contributed by atoms with E-state index in [1.807, 2.05) is 6.92 Å². The molecule has 1 aliphatic carbocycles. The Bertz CT molecular complexity index is 591. The zero-order valence-corrected chi connectivity index (χ0v) is 10.7. The molecule has 2 aromatic rings. The molecule has 3 rings (SSSR count). The Hall–Kier alpha value is -1.82. The molecule has 1 fully saturated rings. The van der Waals surface area contributed by atoms with Gasteiger partial charge in [0.25, 0.3) is 5.91 Å². The molecule has 0 radical (unpaired) electrons. The van der Waals surface area contributed by atoms with Gasteiger partial charge in [0.2, 0.25) is 0 Å². The number of hydrogen-bond donors (Lipinski definition) is 1. The van der Waals surface area contributed by atoms with Gasteiger partial charge in [-0.25, -0.2) is 15.0 Å². The second-order valence-electron chi connectivity index (χ2n) is 4.30. The van der Waals surface area contributed by atoms with Crippen molar-refractivity contribution in [1.82, 2.24) is 15.0 Å². The number of carbonyl (C=O) groups excluding carboxylic acids is 1. The number of amides is 1. The fraction of sp³-hybridized carbons (Fsp3) is 0.333. The molecular weight excluding hydrogens is 248 g/mol. The number of hydrogen-bond acceptors (Lipinski definition) is 5. The maximum atomic E-state index is 12.0. The van der Waals surface area contributed by atoms with Crippen molar-refractivity contribution in [2.45, 2.75) is 25.7 Å². The first-order valence-electron chi connectivity index (χ1n) is 5.78. The van der Waals surface area contributed by atoms with E-state index in [2.05, 4.69) is 20.3 Å². The van der Waals surface area contributed by atoms with Gasteiger partial charge in [0.15, 0.2) is 0 Å². The fourth-order valence-corrected chi connectivity index (χ4v) is 2.37. The molecule has 92 valence electrons. The van der Waals surface area contributed by atoms with E-state index >= 15 is 0 Å². The van der Waals surface area contributed by atoms with Crippen LogP contribution in [-0.2, 0) is 0 Å². The Morgan fingerprint density at radius 2 is 2.22 bits per heavy atom. The molecule has 1 aliphatic rings. The highest BCUT2D eigenvalue weighted by Gasteiger charge is 2.26. The first-order valence-corrected chi connectivity index (χ1v) is 6.60. The Kier molecular flexibility index (Phi) is 2.79. The zero-order chi connectivity index (χ0) is 12.5. The van der Waals surface area contributed by atoms with Crippen LogP contribution in [0.5, 0.6) is 0 Å². The number of carbonyl (C=O) groups is 1. The van der Waals surface area contributed by atoms with Crippen LogP contribution in [0.25, 0.3) is 0 Å². The quantitative estimate of drug-likeness (QED) is 0.920. The van der Waals surface area contributed by atoms with Crippen molar-refractivity contribution in [3.8, 4) is 0 Å². The van der Waals surface area contributed by atoms with E-state index in [9.17, 15) is 4.79 Å². The number of nitrogens with zero attached hydrogens (tertiary/aromatic N) is 3. The third-order valence-corrected chi connectivity index (χ3v) is 3.60. The van der Waals surface area contributed by atoms with Gasteiger partial charge in [0.05, 0.1) is 11.2 Å². The lowest BCUT2D eigenvalue weighted by Crippen LogP contribution is -2.13. The van der Waals surface area contributed by atoms with E-state index in [0.29, 0.717) is 11.6 Å². The van der Waals surface area contributed by atoms with Crippen LogP contribution < -0.4 is 5.32 Å². The molecule has 18 heavy (non-hydrogen) atoms. The van der Waals surface area contributed by atoms with Crippen LogP contribution in [0, 0.1) is 6.92 Å². The maximum Gasteiger partial charge on any atom is 0.275 e. The fourth-order valence-electron chi connectivity index (χ4n) is 1.69. The molecule has 5 nitrogen and oxygen atoms in total. The molecule has 0 spiro atoms. The van der Waals surface area contributed by atoms with Crippen molar-refractivity contribution in [3.63, 3.8) is 0 Å². The molecular formula is C12H12N4OS. The number of rotatable bonds is 3. The van der Waals surface area contributed by atoms with E-state index < -0.39 is 0 Å². The Morgan fingerprint density at radius 3 is 2.89 bits per heavy atom. The van der Waals surface area contributed by atoms with Crippen molar-refractivity contribution >= 4 is 22.2 Å². The van der Waals surface area contributed by atoms with E-state index in [1.54, 1.807) is 12.3 Å². The smallest absolute Gasteiger partial charge is 0.275 e. The molecule has 1 saturated carbocycles. The molecule has 0 saturated heterocycles. The Morgan fingerprint density at radius 1 is 1.39 bits per heavy atom. The van der Waals surface area contributed by atoms with Crippen molar-refractivity contribution in [1.29, 1.82) is 0 Å². The van der Waals surface area contributed by atoms with Crippen LogP contribution in [0.15, 0.2) is 18.6 Å². The van der Waals surface area contributed by atoms with E-state index in [0.717, 1.165) is 28.5 Å². The van der Waals surface area contributed by atoms with Crippen LogP contribution in [0.4, 0.5) is 5.00 Å². The number of aromatic nitrogens is 3. The Labute approximate surface area is 108 Å². The molecule has 2 heterocycles. The molecule has 0 aliphatic heterocycles. The van der Waals surface area contributed by atoms with Gasteiger partial charge in [0.1, 0.15) is 17.0 Å². The first-order chi connectivity index (χ1) is 8.72. The highest BCUT2D eigenvalue weighted by atomic mass is 32.1. The summed E-state index contributed by atoms with van der Waals surface area (Å²) >= 11 is 1.45. The molecule has 1 N–H and O–H groups in total. The van der Waals surface area contributed by atoms with E-state index in [-0.39, 0.29) is 5.91 Å². The second kappa shape index (κ2) is 4.45. The van der Waals surface area contributed by atoms with Gasteiger partial charge >= 0.3 is 0 Å². The van der Waals surface area contributed by atoms with Crippen molar-refractivity contribution in [2.75, 3.05) is 5.32 Å². The van der Waals surface area contributed by atoms with Gasteiger partial charge in [-0.15, -0.1) is 11.3 Å². The summed E-state index contributed by atoms with van der Waals surface area (Å²) in [6, 6.07) is 1.78. The summed E-state index contributed by atoms with van der Waals surface area (Å²) in [5.41, 5.74) is 1.38. The van der Waals surface area contributed by atoms with E-state index in [1.165, 1.54) is 17.7 Å². The second-order valence-corrected chi connectivity index (χ2v) is 5.53. The summed E-state index contributed by atoms with van der Waals surface area (Å²) in [5, 5.41) is 4.46. The third kappa shape index (κ3) is 2.38. The molecule has 0 unspecified atom stereocenters. The SMILES string of the molecule is Cc1ncc(NC(=O)c2cc(C3CC3)ncn2)s1. The number of nitrogens with one attached hydrogen (secondary N) is 1. The van der Waals surface area contributed by atoms with Gasteiger partial charge in [-0.05, 0) is 25.8 Å². The lowest BCUT2D eigenvalue weighted by Gasteiger charge is -2.02. The molecule has 0 aromatic carbocycles. The van der Waals surface area contributed by atoms with Crippen LogP contribution in [0.2, 0.25) is 0 Å². The number of thiazole rings is 1. The van der Waals surface area contributed by atoms with Crippen LogP contribution in [0.3, 0.4) is 0 Å². The average Bonchev–Trinajstić information content (AvgIpc) is 3.14. The van der Waals surface area contributed by atoms with Gasteiger partial charge in [-0.3, -0.25) is 4.79 Å². The van der Waals surface area contributed by atoms with Crippen LogP contribution >= 0.6 is 11.3 Å². The minimum atomic E-state index is -0.206. The van der Waals surface area contributed by atoms with Crippen molar-refractivity contribution in [3.05, 3.63) is 35.0 Å². The lowest BCUT2D eigenvalue weighted by molar-refractivity contribution is 0.102. The summed E-state index contributed by atoms with van der Waals surface area (Å²) in [5.74, 6) is 0.313. The molecule has 1 amide bonds. The summed E-state index contributed by atoms with van der Waals surface area (Å²) in [4.78, 5) is 24.3. The highest BCUT2D eigenvalue weighted by Crippen LogP contribution is 2.38. The first kappa shape index (κ1) is 11.3. The van der Waals surface area contributed by atoms with Gasteiger partial charge in [-0.1, -0.05) is 0 Å². The zero-order valence-electron chi connectivity index (χ0n) is 9.88. The normalized spacial score (nSPS) is 14.5. The van der Waals surface area contributed by atoms with Crippen LogP contribution in [0.1, 0.15) is 39.9 Å². The van der Waals surface area contributed by atoms with Crippen LogP contribution in [-0.4, -0.2) is 20.9 Å². The average molecular weight is 260 g/mol. The van der Waals surface area contributed by atoms with E-state index in [4.69, 9.17) is 0 Å². The summed E-state index contributed by atoms with van der Waals surface area (Å²) < 4.78 is 0. The molecule has 2 aromatic heterocycles. The largest absolute Gasteiger partial charge is 0.311 e. The third-order valence-electron chi connectivity index (χ3n) is 2.77. The maximum absolute atomic E-state index is 12.0. The van der Waals surface area contributed by atoms with Crippen molar-refractivity contribution in [2.24, 2.45) is 0 Å². The number of anilines is 1. The predicted molar refractivity (Wildman–Crippen MR) is 68.8 cm³/mol. The van der Waals surface area contributed by atoms with Gasteiger partial charge in [-0.2, -0.15) is 0 Å². The summed E-state index contributed by atoms with van der Waals surface area (Å²) in [7, 11) is 0. The molecule has 0 atom stereocenters. The topological polar surface area (TPSA) is 67.8 Å². The molecule has 0 bridgehead atoms. The van der Waals surface area contributed by atoms with Crippen molar-refractivity contribution < 1.29 is 4.79 Å². The summed E-state index contributed by atoms with van der Waals surface area (Å²) in [6.07, 6.45) is 5.43. The standard InChI is InChI=1S/C12H12N4OS/c1-7-13-5-11(18-7)16-12(17)10-4-9(8-2-3-8)14-6-15-10/h4-6,8H,2-3H2,1H3,(H,16,17). The lowest BCUT2D eigenvalue weighted by atomic mass is 10.2. The van der Waals surface area contributed by atoms with Gasteiger partial charge < -0.3 is 5.32 Å².